The smallest absolute Gasteiger partial charge is 0.233 e. The third kappa shape index (κ3) is 4.04. The molecule has 0 spiro atoms. The highest BCUT2D eigenvalue weighted by Gasteiger charge is 2.31. The van der Waals surface area contributed by atoms with Gasteiger partial charge in [0, 0.05) is 24.5 Å². The minimum atomic E-state index is 0.148. The Labute approximate surface area is 201 Å². The number of thiophene rings is 1. The van der Waals surface area contributed by atoms with Gasteiger partial charge < -0.3 is 9.80 Å². The monoisotopic (exact) mass is 487 g/mol. The largest absolute Gasteiger partial charge is 0.341 e. The molecule has 1 fully saturated rings. The van der Waals surface area contributed by atoms with Gasteiger partial charge in [0.1, 0.15) is 0 Å². The van der Waals surface area contributed by atoms with Crippen LogP contribution < -0.4 is 4.90 Å². The van der Waals surface area contributed by atoms with Crippen molar-refractivity contribution < 1.29 is 4.79 Å². The molecular formula is C23H26ClN5OS2. The quantitative estimate of drug-likeness (QED) is 0.447. The maximum Gasteiger partial charge on any atom is 0.233 e. The molecule has 2 aliphatic rings. The fraction of sp³-hybridized carbons (Fsp3) is 0.435. The summed E-state index contributed by atoms with van der Waals surface area (Å²) in [6, 6.07) is 10.1. The Bertz CT molecular complexity index is 1110. The third-order valence-corrected chi connectivity index (χ3v) is 8.46. The number of carbonyl (C=O) groups excluding carboxylic acids is 1. The molecule has 168 valence electrons. The minimum absolute atomic E-state index is 0.148. The second-order valence-corrected chi connectivity index (χ2v) is 10.5. The van der Waals surface area contributed by atoms with Gasteiger partial charge in [-0.3, -0.25) is 9.36 Å². The highest BCUT2D eigenvalue weighted by molar-refractivity contribution is 7.99. The molecule has 0 saturated carbocycles. The molecule has 0 N–H and O–H groups in total. The van der Waals surface area contributed by atoms with E-state index in [1.165, 1.54) is 22.2 Å². The van der Waals surface area contributed by atoms with Gasteiger partial charge in [-0.15, -0.1) is 21.5 Å². The fourth-order valence-corrected chi connectivity index (χ4v) is 6.64. The van der Waals surface area contributed by atoms with Crippen LogP contribution in [0.2, 0.25) is 5.02 Å². The van der Waals surface area contributed by atoms with E-state index >= 15 is 0 Å². The lowest BCUT2D eigenvalue weighted by Gasteiger charge is -2.35. The molecule has 0 radical (unpaired) electrons. The van der Waals surface area contributed by atoms with Crippen molar-refractivity contribution >= 4 is 46.6 Å². The first-order valence-corrected chi connectivity index (χ1v) is 13.4. The predicted molar refractivity (Wildman–Crippen MR) is 131 cm³/mol. The van der Waals surface area contributed by atoms with Crippen LogP contribution in [0.1, 0.15) is 42.7 Å². The minimum Gasteiger partial charge on any atom is -0.341 e. The molecule has 4 heterocycles. The standard InChI is InChI=1S/C23H26ClN5OS2/c1-2-18-16-10-14-31-20(16)9-13-28(18)21(30)15-32-23-26-25-22(27-11-5-6-12-27)29(23)19-8-4-3-7-17(19)24/h3-4,7-8,10,14,18H,2,5-6,9,11-13,15H2,1H3. The highest BCUT2D eigenvalue weighted by Crippen LogP contribution is 2.36. The number of fused-ring (bicyclic) bond motifs is 1. The number of nitrogens with zero attached hydrogens (tertiary/aromatic N) is 5. The molecule has 1 unspecified atom stereocenters. The summed E-state index contributed by atoms with van der Waals surface area (Å²) in [6.07, 6.45) is 4.16. The van der Waals surface area contributed by atoms with Crippen LogP contribution in [0.4, 0.5) is 5.95 Å². The molecule has 2 aromatic heterocycles. The van der Waals surface area contributed by atoms with Crippen LogP contribution in [0.25, 0.3) is 5.69 Å². The summed E-state index contributed by atoms with van der Waals surface area (Å²) in [6.45, 7) is 4.85. The van der Waals surface area contributed by atoms with Crippen molar-refractivity contribution in [1.29, 1.82) is 0 Å². The number of hydrogen-bond donors (Lipinski definition) is 0. The summed E-state index contributed by atoms with van der Waals surface area (Å²) < 4.78 is 2.01. The van der Waals surface area contributed by atoms with E-state index in [1.54, 1.807) is 11.3 Å². The highest BCUT2D eigenvalue weighted by atomic mass is 35.5. The molecule has 9 heteroatoms. The summed E-state index contributed by atoms with van der Waals surface area (Å²) in [4.78, 5) is 19.0. The van der Waals surface area contributed by atoms with Crippen LogP contribution in [0.5, 0.6) is 0 Å². The van der Waals surface area contributed by atoms with Crippen LogP contribution in [0.3, 0.4) is 0 Å². The summed E-state index contributed by atoms with van der Waals surface area (Å²) in [5.74, 6) is 1.28. The molecule has 6 nitrogen and oxygen atoms in total. The molecule has 1 saturated heterocycles. The van der Waals surface area contributed by atoms with Crippen molar-refractivity contribution in [3.8, 4) is 5.69 Å². The van der Waals surface area contributed by atoms with E-state index in [0.717, 1.165) is 57.0 Å². The molecule has 5 rings (SSSR count). The van der Waals surface area contributed by atoms with Crippen LogP contribution >= 0.6 is 34.7 Å². The molecule has 32 heavy (non-hydrogen) atoms. The number of amides is 1. The Balaban J connectivity index is 1.39. The van der Waals surface area contributed by atoms with Gasteiger partial charge in [-0.05, 0) is 54.8 Å². The SMILES string of the molecule is CCC1c2ccsc2CCN1C(=O)CSc1nnc(N2CCCC2)n1-c1ccccc1Cl. The zero-order valence-corrected chi connectivity index (χ0v) is 20.4. The second kappa shape index (κ2) is 9.45. The fourth-order valence-electron chi connectivity index (χ4n) is 4.67. The van der Waals surface area contributed by atoms with E-state index in [2.05, 4.69) is 33.5 Å². The first-order chi connectivity index (χ1) is 15.7. The Morgan fingerprint density at radius 3 is 2.78 bits per heavy atom. The number of para-hydroxylation sites is 1. The van der Waals surface area contributed by atoms with Gasteiger partial charge in [-0.25, -0.2) is 0 Å². The summed E-state index contributed by atoms with van der Waals surface area (Å²) in [7, 11) is 0. The Morgan fingerprint density at radius 2 is 2.00 bits per heavy atom. The van der Waals surface area contributed by atoms with E-state index < -0.39 is 0 Å². The van der Waals surface area contributed by atoms with Crippen molar-refractivity contribution in [3.63, 3.8) is 0 Å². The number of anilines is 1. The zero-order chi connectivity index (χ0) is 22.1. The van der Waals surface area contributed by atoms with Crippen LogP contribution in [0.15, 0.2) is 40.9 Å². The maximum absolute atomic E-state index is 13.3. The first-order valence-electron chi connectivity index (χ1n) is 11.1. The third-order valence-electron chi connectivity index (χ3n) is 6.23. The molecule has 1 atom stereocenters. The van der Waals surface area contributed by atoms with E-state index in [0.29, 0.717) is 15.9 Å². The molecule has 0 bridgehead atoms. The van der Waals surface area contributed by atoms with Gasteiger partial charge >= 0.3 is 0 Å². The Morgan fingerprint density at radius 1 is 1.19 bits per heavy atom. The van der Waals surface area contributed by atoms with Gasteiger partial charge in [-0.1, -0.05) is 42.4 Å². The number of hydrogen-bond acceptors (Lipinski definition) is 6. The van der Waals surface area contributed by atoms with Gasteiger partial charge in [-0.2, -0.15) is 0 Å². The average molecular weight is 488 g/mol. The molecule has 1 amide bonds. The molecule has 2 aliphatic heterocycles. The average Bonchev–Trinajstić information content (AvgIpc) is 3.57. The first kappa shape index (κ1) is 21.8. The molecule has 0 aliphatic carbocycles. The van der Waals surface area contributed by atoms with E-state index in [-0.39, 0.29) is 11.9 Å². The number of aromatic nitrogens is 3. The molecule has 3 aromatic rings. The summed E-state index contributed by atoms with van der Waals surface area (Å²) >= 11 is 9.79. The molecule has 1 aromatic carbocycles. The van der Waals surface area contributed by atoms with Crippen molar-refractivity contribution in [2.24, 2.45) is 0 Å². The second-order valence-electron chi connectivity index (χ2n) is 8.11. The summed E-state index contributed by atoms with van der Waals surface area (Å²) in [5, 5.41) is 12.5. The lowest BCUT2D eigenvalue weighted by atomic mass is 9.98. The van der Waals surface area contributed by atoms with E-state index in [9.17, 15) is 4.79 Å². The Hall–Kier alpha value is -2.03. The van der Waals surface area contributed by atoms with Gasteiger partial charge in [0.25, 0.3) is 0 Å². The van der Waals surface area contributed by atoms with E-state index in [4.69, 9.17) is 11.6 Å². The van der Waals surface area contributed by atoms with Crippen molar-refractivity contribution in [2.45, 2.75) is 43.8 Å². The van der Waals surface area contributed by atoms with E-state index in [1.807, 2.05) is 33.7 Å². The van der Waals surface area contributed by atoms with Crippen molar-refractivity contribution in [2.75, 3.05) is 30.3 Å². The van der Waals surface area contributed by atoms with Crippen LogP contribution in [-0.2, 0) is 11.2 Å². The Kier molecular flexibility index (Phi) is 6.44. The van der Waals surface area contributed by atoms with Crippen molar-refractivity contribution in [1.82, 2.24) is 19.7 Å². The summed E-state index contributed by atoms with van der Waals surface area (Å²) in [5.41, 5.74) is 2.17. The van der Waals surface area contributed by atoms with Gasteiger partial charge in [0.15, 0.2) is 5.16 Å². The normalized spacial score (nSPS) is 18.2. The maximum atomic E-state index is 13.3. The number of halogens is 1. The van der Waals surface area contributed by atoms with Crippen molar-refractivity contribution in [3.05, 3.63) is 51.2 Å². The number of benzene rings is 1. The number of rotatable bonds is 6. The van der Waals surface area contributed by atoms with Crippen LogP contribution in [0, 0.1) is 0 Å². The molecular weight excluding hydrogens is 462 g/mol. The van der Waals surface area contributed by atoms with Crippen LogP contribution in [-0.4, -0.2) is 51.0 Å². The van der Waals surface area contributed by atoms with Gasteiger partial charge in [0.05, 0.1) is 22.5 Å². The lowest BCUT2D eigenvalue weighted by Crippen LogP contribution is -2.40. The zero-order valence-electron chi connectivity index (χ0n) is 18.0. The predicted octanol–water partition coefficient (Wildman–Crippen LogP) is 5.21. The topological polar surface area (TPSA) is 54.3 Å². The van der Waals surface area contributed by atoms with Gasteiger partial charge in [0.2, 0.25) is 11.9 Å². The number of carbonyl (C=O) groups is 1. The lowest BCUT2D eigenvalue weighted by molar-refractivity contribution is -0.131. The number of thioether (sulfide) groups is 1.